The topological polar surface area (TPSA) is 60.2 Å². The third-order valence-electron chi connectivity index (χ3n) is 5.39. The largest absolute Gasteiger partial charge is 0.369 e. The summed E-state index contributed by atoms with van der Waals surface area (Å²) in [5, 5.41) is 0. The lowest BCUT2D eigenvalue weighted by atomic mass is 9.46. The highest BCUT2D eigenvalue weighted by molar-refractivity contribution is 6.00. The van der Waals surface area contributed by atoms with E-state index >= 15 is 0 Å². The molecule has 3 nitrogen and oxygen atoms in total. The molecule has 0 radical (unpaired) electrons. The maximum Gasteiger partial charge on any atom is 0.228 e. The number of nitrogens with two attached hydrogens (primary N) is 1. The lowest BCUT2D eigenvalue weighted by molar-refractivity contribution is -0.148. The van der Waals surface area contributed by atoms with E-state index in [4.69, 9.17) is 5.73 Å². The first-order chi connectivity index (χ1) is 8.00. The molecule has 0 saturated heterocycles. The second kappa shape index (κ2) is 3.56. The summed E-state index contributed by atoms with van der Waals surface area (Å²) in [4.78, 5) is 23.5. The van der Waals surface area contributed by atoms with Gasteiger partial charge in [-0.15, -0.1) is 0 Å². The van der Waals surface area contributed by atoms with Crippen LogP contribution in [-0.2, 0) is 9.59 Å². The number of carbonyl (C=O) groups excluding carboxylic acids is 2. The average Bonchev–Trinajstić information content (AvgIpc) is 2.11. The first kappa shape index (κ1) is 11.2. The Labute approximate surface area is 102 Å². The van der Waals surface area contributed by atoms with Crippen molar-refractivity contribution in [3.63, 3.8) is 0 Å². The lowest BCUT2D eigenvalue weighted by Gasteiger charge is -2.58. The van der Waals surface area contributed by atoms with Crippen molar-refractivity contribution >= 4 is 11.7 Å². The van der Waals surface area contributed by atoms with E-state index in [2.05, 4.69) is 0 Å². The van der Waals surface area contributed by atoms with E-state index in [1.54, 1.807) is 0 Å². The number of rotatable bonds is 3. The van der Waals surface area contributed by atoms with Crippen molar-refractivity contribution in [1.82, 2.24) is 0 Å². The Morgan fingerprint density at radius 1 is 1.06 bits per heavy atom. The van der Waals surface area contributed by atoms with Gasteiger partial charge in [0, 0.05) is 0 Å². The summed E-state index contributed by atoms with van der Waals surface area (Å²) >= 11 is 0. The molecule has 4 aliphatic carbocycles. The first-order valence-corrected chi connectivity index (χ1v) is 6.80. The predicted octanol–water partition coefficient (Wildman–Crippen LogP) is 1.89. The summed E-state index contributed by atoms with van der Waals surface area (Å²) in [5.41, 5.74) is 5.44. The first-order valence-electron chi connectivity index (χ1n) is 6.80. The minimum absolute atomic E-state index is 0.0144. The Morgan fingerprint density at radius 2 is 1.47 bits per heavy atom. The molecule has 1 amide bonds. The number of carbonyl (C=O) groups is 2. The van der Waals surface area contributed by atoms with E-state index < -0.39 is 5.92 Å². The quantitative estimate of drug-likeness (QED) is 0.759. The second-order valence-electron chi connectivity index (χ2n) is 6.73. The molecule has 0 aliphatic heterocycles. The summed E-state index contributed by atoms with van der Waals surface area (Å²) in [5.74, 6) is 1.34. The highest BCUT2D eigenvalue weighted by atomic mass is 16.2. The molecule has 2 N–H and O–H groups in total. The van der Waals surface area contributed by atoms with Gasteiger partial charge in [0.1, 0.15) is 11.7 Å². The number of amides is 1. The number of hydrogen-bond donors (Lipinski definition) is 1. The van der Waals surface area contributed by atoms with E-state index in [9.17, 15) is 9.59 Å². The van der Waals surface area contributed by atoms with Crippen LogP contribution in [0, 0.1) is 29.1 Å². The molecule has 4 fully saturated rings. The zero-order valence-electron chi connectivity index (χ0n) is 10.4. The Hall–Kier alpha value is -0.860. The monoisotopic (exact) mass is 235 g/mol. The zero-order chi connectivity index (χ0) is 12.2. The van der Waals surface area contributed by atoms with E-state index in [0.29, 0.717) is 0 Å². The van der Waals surface area contributed by atoms with Gasteiger partial charge in [0.05, 0.1) is 0 Å². The van der Waals surface area contributed by atoms with Gasteiger partial charge in [-0.05, 0) is 68.6 Å². The Morgan fingerprint density at radius 3 is 1.76 bits per heavy atom. The van der Waals surface area contributed by atoms with Crippen LogP contribution in [0.5, 0.6) is 0 Å². The molecule has 4 bridgehead atoms. The molecule has 1 atom stereocenters. The van der Waals surface area contributed by atoms with Crippen LogP contribution in [0.4, 0.5) is 0 Å². The van der Waals surface area contributed by atoms with Crippen molar-refractivity contribution < 1.29 is 9.59 Å². The van der Waals surface area contributed by atoms with Gasteiger partial charge >= 0.3 is 0 Å². The summed E-state index contributed by atoms with van der Waals surface area (Å²) in [7, 11) is 0. The molecule has 0 aromatic heterocycles. The van der Waals surface area contributed by atoms with Crippen LogP contribution < -0.4 is 5.73 Å². The van der Waals surface area contributed by atoms with E-state index in [1.165, 1.54) is 26.2 Å². The van der Waals surface area contributed by atoms with Crippen LogP contribution >= 0.6 is 0 Å². The van der Waals surface area contributed by atoms with Gasteiger partial charge < -0.3 is 5.73 Å². The minimum Gasteiger partial charge on any atom is -0.369 e. The van der Waals surface area contributed by atoms with Crippen molar-refractivity contribution in [2.24, 2.45) is 34.8 Å². The normalized spacial score (nSPS) is 44.6. The molecule has 4 aliphatic rings. The molecule has 1 unspecified atom stereocenters. The molecular weight excluding hydrogens is 214 g/mol. The SMILES string of the molecule is CC(=O)C(C(N)=O)C12CC3CC(CC(C3)C1)C2. The van der Waals surface area contributed by atoms with Crippen molar-refractivity contribution in [2.75, 3.05) is 0 Å². The van der Waals surface area contributed by atoms with Crippen LogP contribution in [0.15, 0.2) is 0 Å². The molecule has 4 saturated carbocycles. The number of ketones is 1. The molecule has 0 spiro atoms. The number of Topliss-reactive ketones (excluding diaryl/α,β-unsaturated/α-hetero) is 1. The van der Waals surface area contributed by atoms with Crippen molar-refractivity contribution in [3.8, 4) is 0 Å². The Kier molecular flexibility index (Phi) is 2.36. The molecular formula is C14H21NO2. The molecule has 0 aromatic carbocycles. The third-order valence-corrected chi connectivity index (χ3v) is 5.39. The third kappa shape index (κ3) is 1.62. The van der Waals surface area contributed by atoms with Gasteiger partial charge in [-0.25, -0.2) is 0 Å². The molecule has 4 rings (SSSR count). The fourth-order valence-corrected chi connectivity index (χ4v) is 5.46. The minimum atomic E-state index is -0.518. The van der Waals surface area contributed by atoms with Crippen LogP contribution in [0.25, 0.3) is 0 Å². The number of primary amides is 1. The highest BCUT2D eigenvalue weighted by Crippen LogP contribution is 2.62. The van der Waals surface area contributed by atoms with Crippen molar-refractivity contribution in [2.45, 2.75) is 45.4 Å². The van der Waals surface area contributed by atoms with E-state index in [-0.39, 0.29) is 17.1 Å². The summed E-state index contributed by atoms with van der Waals surface area (Å²) < 4.78 is 0. The fourth-order valence-electron chi connectivity index (χ4n) is 5.46. The van der Waals surface area contributed by atoms with Crippen LogP contribution in [0.3, 0.4) is 0 Å². The smallest absolute Gasteiger partial charge is 0.228 e. The van der Waals surface area contributed by atoms with Gasteiger partial charge in [-0.2, -0.15) is 0 Å². The van der Waals surface area contributed by atoms with Crippen LogP contribution in [0.2, 0.25) is 0 Å². The van der Waals surface area contributed by atoms with E-state index in [0.717, 1.165) is 37.0 Å². The van der Waals surface area contributed by atoms with Crippen molar-refractivity contribution in [3.05, 3.63) is 0 Å². The molecule has 17 heavy (non-hydrogen) atoms. The predicted molar refractivity (Wildman–Crippen MR) is 64.0 cm³/mol. The molecule has 3 heteroatoms. The van der Waals surface area contributed by atoms with Crippen LogP contribution in [-0.4, -0.2) is 11.7 Å². The van der Waals surface area contributed by atoms with Gasteiger partial charge in [0.2, 0.25) is 5.91 Å². The second-order valence-corrected chi connectivity index (χ2v) is 6.73. The molecule has 94 valence electrons. The average molecular weight is 235 g/mol. The zero-order valence-corrected chi connectivity index (χ0v) is 10.4. The summed E-state index contributed by atoms with van der Waals surface area (Å²) in [6.45, 7) is 1.54. The van der Waals surface area contributed by atoms with Gasteiger partial charge in [-0.1, -0.05) is 0 Å². The molecule has 0 heterocycles. The van der Waals surface area contributed by atoms with Gasteiger partial charge in [-0.3, -0.25) is 9.59 Å². The number of hydrogen-bond acceptors (Lipinski definition) is 2. The highest BCUT2D eigenvalue weighted by Gasteiger charge is 2.56. The maximum absolute atomic E-state index is 11.8. The fraction of sp³-hybridized carbons (Fsp3) is 0.857. The lowest BCUT2D eigenvalue weighted by Crippen LogP contribution is -2.54. The van der Waals surface area contributed by atoms with Crippen LogP contribution in [0.1, 0.15) is 45.4 Å². The van der Waals surface area contributed by atoms with Gasteiger partial charge in [0.15, 0.2) is 0 Å². The Balaban J connectivity index is 1.95. The van der Waals surface area contributed by atoms with Crippen molar-refractivity contribution in [1.29, 1.82) is 0 Å². The Bertz CT molecular complexity index is 325. The summed E-state index contributed by atoms with van der Waals surface area (Å²) in [6, 6.07) is 0. The molecule has 0 aromatic rings. The van der Waals surface area contributed by atoms with Gasteiger partial charge in [0.25, 0.3) is 0 Å². The summed E-state index contributed by atoms with van der Waals surface area (Å²) in [6.07, 6.45) is 7.15. The van der Waals surface area contributed by atoms with E-state index in [1.807, 2.05) is 0 Å². The standard InChI is InChI=1S/C14H21NO2/c1-8(16)12(13(15)17)14-5-9-2-10(6-14)4-11(3-9)7-14/h9-12H,2-7H2,1H3,(H2,15,17). The maximum atomic E-state index is 11.8.